The Morgan fingerprint density at radius 2 is 1.83 bits per heavy atom. The molecule has 0 bridgehead atoms. The van der Waals surface area contributed by atoms with Crippen LogP contribution in [-0.2, 0) is 4.79 Å². The summed E-state index contributed by atoms with van der Waals surface area (Å²) < 4.78 is 16.4. The lowest BCUT2D eigenvalue weighted by molar-refractivity contribution is -0.118. The summed E-state index contributed by atoms with van der Waals surface area (Å²) in [5.41, 5.74) is 1.10. The zero-order valence-corrected chi connectivity index (χ0v) is 17.0. The van der Waals surface area contributed by atoms with Crippen LogP contribution < -0.4 is 24.8 Å². The lowest BCUT2D eigenvalue weighted by Gasteiger charge is -2.18. The first-order valence-electron chi connectivity index (χ1n) is 9.24. The number of thiazole rings is 1. The van der Waals surface area contributed by atoms with Crippen molar-refractivity contribution in [3.63, 3.8) is 0 Å². The first-order valence-corrected chi connectivity index (χ1v) is 10.1. The van der Waals surface area contributed by atoms with Crippen molar-refractivity contribution < 1.29 is 23.8 Å². The molecule has 154 valence electrons. The molecule has 0 saturated carbocycles. The molecule has 0 unspecified atom stereocenters. The van der Waals surface area contributed by atoms with Crippen molar-refractivity contribution in [2.45, 2.75) is 6.92 Å². The Morgan fingerprint density at radius 3 is 2.63 bits per heavy atom. The molecule has 0 atom stereocenters. The van der Waals surface area contributed by atoms with Gasteiger partial charge in [-0.05, 0) is 31.2 Å². The van der Waals surface area contributed by atoms with Crippen LogP contribution in [0.3, 0.4) is 0 Å². The zero-order chi connectivity index (χ0) is 20.9. The number of para-hydroxylation sites is 1. The highest BCUT2D eigenvalue weighted by atomic mass is 32.1. The highest BCUT2D eigenvalue weighted by Gasteiger charge is 2.18. The Morgan fingerprint density at radius 1 is 1.07 bits per heavy atom. The average molecular weight is 425 g/mol. The Bertz CT molecular complexity index is 1070. The highest BCUT2D eigenvalue weighted by Crippen LogP contribution is 2.33. The van der Waals surface area contributed by atoms with E-state index in [1.165, 1.54) is 0 Å². The smallest absolute Gasteiger partial charge is 0.267 e. The number of aromatic nitrogens is 1. The molecule has 9 heteroatoms. The molecule has 1 aromatic heterocycles. The number of aryl methyl sites for hydroxylation is 1. The van der Waals surface area contributed by atoms with E-state index in [1.54, 1.807) is 37.3 Å². The van der Waals surface area contributed by atoms with Gasteiger partial charge in [0.2, 0.25) is 0 Å². The molecule has 2 heterocycles. The Kier molecular flexibility index (Phi) is 5.80. The van der Waals surface area contributed by atoms with Crippen molar-refractivity contribution in [2.75, 3.05) is 30.5 Å². The molecule has 8 nitrogen and oxygen atoms in total. The summed E-state index contributed by atoms with van der Waals surface area (Å²) in [4.78, 5) is 29.4. The Balaban J connectivity index is 1.37. The summed E-state index contributed by atoms with van der Waals surface area (Å²) in [7, 11) is 0. The minimum atomic E-state index is -0.355. The quantitative estimate of drug-likeness (QED) is 0.627. The van der Waals surface area contributed by atoms with Crippen LogP contribution in [-0.4, -0.2) is 36.6 Å². The van der Waals surface area contributed by atoms with Crippen LogP contribution in [0.4, 0.5) is 10.8 Å². The molecular weight excluding hydrogens is 406 g/mol. The fourth-order valence-corrected chi connectivity index (χ4v) is 3.67. The van der Waals surface area contributed by atoms with E-state index >= 15 is 0 Å². The maximum Gasteiger partial charge on any atom is 0.267 e. The van der Waals surface area contributed by atoms with Gasteiger partial charge in [-0.3, -0.25) is 14.9 Å². The monoisotopic (exact) mass is 425 g/mol. The second-order valence-corrected chi connectivity index (χ2v) is 7.40. The molecule has 0 aliphatic carbocycles. The minimum Gasteiger partial charge on any atom is -0.486 e. The summed E-state index contributed by atoms with van der Waals surface area (Å²) in [5, 5.41) is 5.82. The number of carbonyl (C=O) groups excluding carboxylic acids is 2. The lowest BCUT2D eigenvalue weighted by Crippen LogP contribution is -2.20. The van der Waals surface area contributed by atoms with Gasteiger partial charge >= 0.3 is 0 Å². The summed E-state index contributed by atoms with van der Waals surface area (Å²) in [6.45, 7) is 2.53. The van der Waals surface area contributed by atoms with Gasteiger partial charge in [-0.2, -0.15) is 0 Å². The van der Waals surface area contributed by atoms with E-state index in [9.17, 15) is 9.59 Å². The van der Waals surface area contributed by atoms with Gasteiger partial charge in [0.15, 0.2) is 23.2 Å². The standard InChI is InChI=1S/C21H19N3O5S/c1-13-19(20(26)23-14-7-8-16-17(11-14)28-10-9-27-16)30-21(22-13)24-18(25)12-29-15-5-3-2-4-6-15/h2-8,11H,9-10,12H2,1H3,(H,23,26)(H,22,24,25). The van der Waals surface area contributed by atoms with E-state index < -0.39 is 0 Å². The van der Waals surface area contributed by atoms with Crippen LogP contribution in [0.15, 0.2) is 48.5 Å². The molecule has 30 heavy (non-hydrogen) atoms. The van der Waals surface area contributed by atoms with Gasteiger partial charge in [-0.15, -0.1) is 0 Å². The first-order chi connectivity index (χ1) is 14.6. The predicted octanol–water partition coefficient (Wildman–Crippen LogP) is 3.49. The number of benzene rings is 2. The third kappa shape index (κ3) is 4.69. The molecule has 4 rings (SSSR count). The maximum atomic E-state index is 12.7. The summed E-state index contributed by atoms with van der Waals surface area (Å²) in [6.07, 6.45) is 0. The minimum absolute atomic E-state index is 0.151. The van der Waals surface area contributed by atoms with Crippen LogP contribution in [0.1, 0.15) is 15.4 Å². The average Bonchev–Trinajstić information content (AvgIpc) is 3.13. The number of ether oxygens (including phenoxy) is 3. The van der Waals surface area contributed by atoms with Gasteiger partial charge in [-0.25, -0.2) is 4.98 Å². The van der Waals surface area contributed by atoms with Crippen molar-refractivity contribution in [3.8, 4) is 17.2 Å². The van der Waals surface area contributed by atoms with Crippen LogP contribution in [0, 0.1) is 6.92 Å². The fraction of sp³-hybridized carbons (Fsp3) is 0.190. The molecule has 3 aromatic rings. The molecule has 2 amide bonds. The highest BCUT2D eigenvalue weighted by molar-refractivity contribution is 7.17. The van der Waals surface area contributed by atoms with Crippen molar-refractivity contribution in [2.24, 2.45) is 0 Å². The van der Waals surface area contributed by atoms with E-state index in [0.717, 1.165) is 11.3 Å². The molecule has 0 saturated heterocycles. The third-order valence-electron chi connectivity index (χ3n) is 4.16. The summed E-state index contributed by atoms with van der Waals surface area (Å²) >= 11 is 1.10. The van der Waals surface area contributed by atoms with Gasteiger partial charge in [0.25, 0.3) is 11.8 Å². The normalized spacial score (nSPS) is 12.2. The number of nitrogens with one attached hydrogen (secondary N) is 2. The van der Waals surface area contributed by atoms with Crippen molar-refractivity contribution in [1.29, 1.82) is 0 Å². The van der Waals surface area contributed by atoms with E-state index in [0.29, 0.717) is 51.9 Å². The topological polar surface area (TPSA) is 98.8 Å². The second kappa shape index (κ2) is 8.83. The molecule has 0 spiro atoms. The number of carbonyl (C=O) groups is 2. The molecule has 0 fully saturated rings. The number of anilines is 2. The number of rotatable bonds is 6. The first kappa shape index (κ1) is 19.7. The van der Waals surface area contributed by atoms with Crippen LogP contribution >= 0.6 is 11.3 Å². The van der Waals surface area contributed by atoms with Crippen LogP contribution in [0.5, 0.6) is 17.2 Å². The Hall–Kier alpha value is -3.59. The maximum absolute atomic E-state index is 12.7. The van der Waals surface area contributed by atoms with Gasteiger partial charge in [-0.1, -0.05) is 29.5 Å². The molecule has 2 aromatic carbocycles. The molecule has 2 N–H and O–H groups in total. The van der Waals surface area contributed by atoms with Gasteiger partial charge < -0.3 is 19.5 Å². The lowest BCUT2D eigenvalue weighted by atomic mass is 10.2. The van der Waals surface area contributed by atoms with E-state index in [2.05, 4.69) is 15.6 Å². The number of nitrogens with zero attached hydrogens (tertiary/aromatic N) is 1. The van der Waals surface area contributed by atoms with Crippen LogP contribution in [0.2, 0.25) is 0 Å². The fourth-order valence-electron chi connectivity index (χ4n) is 2.79. The summed E-state index contributed by atoms with van der Waals surface area (Å²) in [5.74, 6) is 1.17. The number of fused-ring (bicyclic) bond motifs is 1. The van der Waals surface area contributed by atoms with Crippen LogP contribution in [0.25, 0.3) is 0 Å². The van der Waals surface area contributed by atoms with E-state index in [4.69, 9.17) is 14.2 Å². The number of hydrogen-bond donors (Lipinski definition) is 2. The van der Waals surface area contributed by atoms with Gasteiger partial charge in [0, 0.05) is 11.8 Å². The van der Waals surface area contributed by atoms with E-state index in [-0.39, 0.29) is 18.4 Å². The molecule has 1 aliphatic heterocycles. The largest absolute Gasteiger partial charge is 0.486 e. The molecule has 0 radical (unpaired) electrons. The number of hydrogen-bond acceptors (Lipinski definition) is 7. The van der Waals surface area contributed by atoms with Gasteiger partial charge in [0.05, 0.1) is 5.69 Å². The number of amides is 2. The summed E-state index contributed by atoms with van der Waals surface area (Å²) in [6, 6.07) is 14.2. The third-order valence-corrected chi connectivity index (χ3v) is 5.23. The molecular formula is C21H19N3O5S. The van der Waals surface area contributed by atoms with Crippen molar-refractivity contribution >= 4 is 34.0 Å². The second-order valence-electron chi connectivity index (χ2n) is 6.40. The van der Waals surface area contributed by atoms with E-state index in [1.807, 2.05) is 18.2 Å². The van der Waals surface area contributed by atoms with Gasteiger partial charge in [0.1, 0.15) is 23.8 Å². The van der Waals surface area contributed by atoms with Crippen molar-refractivity contribution in [1.82, 2.24) is 4.98 Å². The zero-order valence-electron chi connectivity index (χ0n) is 16.1. The van der Waals surface area contributed by atoms with Crippen molar-refractivity contribution in [3.05, 3.63) is 59.1 Å². The molecule has 1 aliphatic rings. The SMILES string of the molecule is Cc1nc(NC(=O)COc2ccccc2)sc1C(=O)Nc1ccc2c(c1)OCCO2. The Labute approximate surface area is 176 Å². The predicted molar refractivity (Wildman–Crippen MR) is 113 cm³/mol.